The number of ether oxygens (including phenoxy) is 1. The van der Waals surface area contributed by atoms with Crippen molar-refractivity contribution in [1.29, 1.82) is 0 Å². The second-order valence-electron chi connectivity index (χ2n) is 7.79. The Labute approximate surface area is 144 Å². The summed E-state index contributed by atoms with van der Waals surface area (Å²) in [5, 5.41) is 3.05. The molecule has 0 aliphatic heterocycles. The van der Waals surface area contributed by atoms with Gasteiger partial charge in [-0.3, -0.25) is 4.79 Å². The minimum Gasteiger partial charge on any atom is -0.488 e. The lowest BCUT2D eigenvalue weighted by Crippen LogP contribution is -2.48. The van der Waals surface area contributed by atoms with E-state index in [0.29, 0.717) is 6.42 Å². The van der Waals surface area contributed by atoms with E-state index in [9.17, 15) is 9.18 Å². The van der Waals surface area contributed by atoms with E-state index in [-0.39, 0.29) is 41.7 Å². The number of hydrogen-bond acceptors (Lipinski definition) is 3. The Hall–Kier alpha value is -1.62. The van der Waals surface area contributed by atoms with Gasteiger partial charge in [-0.15, -0.1) is 0 Å². The summed E-state index contributed by atoms with van der Waals surface area (Å²) in [6.45, 7) is 6.32. The van der Waals surface area contributed by atoms with Gasteiger partial charge >= 0.3 is 0 Å². The van der Waals surface area contributed by atoms with E-state index >= 15 is 0 Å². The molecule has 1 aliphatic carbocycles. The molecule has 2 rings (SSSR count). The summed E-state index contributed by atoms with van der Waals surface area (Å²) < 4.78 is 19.3. The number of carbonyl (C=O) groups excluding carboxylic acids is 1. The maximum atomic E-state index is 13.7. The van der Waals surface area contributed by atoms with Crippen molar-refractivity contribution in [2.45, 2.75) is 58.5 Å². The molecular weight excluding hydrogens is 307 g/mol. The molecule has 3 N–H and O–H groups in total. The first-order valence-corrected chi connectivity index (χ1v) is 8.69. The summed E-state index contributed by atoms with van der Waals surface area (Å²) in [5.74, 6) is 0.0692. The van der Waals surface area contributed by atoms with Gasteiger partial charge in [-0.25, -0.2) is 4.39 Å². The molecule has 1 aromatic rings. The van der Waals surface area contributed by atoms with E-state index in [1.165, 1.54) is 6.07 Å². The number of nitrogens with two attached hydrogens (primary N) is 1. The zero-order valence-electron chi connectivity index (χ0n) is 14.8. The Balaban J connectivity index is 1.93. The Kier molecular flexibility index (Phi) is 6.21. The summed E-state index contributed by atoms with van der Waals surface area (Å²) in [6, 6.07) is 6.22. The zero-order chi connectivity index (χ0) is 17.7. The van der Waals surface area contributed by atoms with Crippen LogP contribution in [0.2, 0.25) is 0 Å². The van der Waals surface area contributed by atoms with Crippen molar-refractivity contribution >= 4 is 5.91 Å². The maximum absolute atomic E-state index is 13.7. The standard InChI is InChI=1S/C19H29FN2O2/c1-19(2,3)17(12-24-16-10-5-4-8-14(16)20)22-18(23)11-13-7-6-9-15(13)21/h4-5,8,10,13,15,17H,6-7,9,11-12,21H2,1-3H3,(H,22,23)/t13-,15+,17?/m0/s1. The number of rotatable bonds is 6. The van der Waals surface area contributed by atoms with Gasteiger partial charge in [-0.2, -0.15) is 0 Å². The van der Waals surface area contributed by atoms with Crippen LogP contribution in [0.1, 0.15) is 46.5 Å². The highest BCUT2D eigenvalue weighted by Crippen LogP contribution is 2.27. The van der Waals surface area contributed by atoms with Gasteiger partial charge in [0.05, 0.1) is 6.04 Å². The van der Waals surface area contributed by atoms with Crippen LogP contribution < -0.4 is 15.8 Å². The number of para-hydroxylation sites is 1. The van der Waals surface area contributed by atoms with Gasteiger partial charge in [0.15, 0.2) is 11.6 Å². The molecule has 0 heterocycles. The first-order chi connectivity index (χ1) is 11.3. The highest BCUT2D eigenvalue weighted by atomic mass is 19.1. The molecule has 134 valence electrons. The first kappa shape index (κ1) is 18.7. The minimum atomic E-state index is -0.395. The molecule has 1 amide bonds. The quantitative estimate of drug-likeness (QED) is 0.838. The molecule has 1 fully saturated rings. The summed E-state index contributed by atoms with van der Waals surface area (Å²) in [4.78, 5) is 12.4. The average Bonchev–Trinajstić information content (AvgIpc) is 2.89. The van der Waals surface area contributed by atoms with Crippen LogP contribution in [-0.4, -0.2) is 24.6 Å². The predicted octanol–water partition coefficient (Wildman–Crippen LogP) is 3.25. The highest BCUT2D eigenvalue weighted by Gasteiger charge is 2.30. The Bertz CT molecular complexity index is 557. The van der Waals surface area contributed by atoms with Crippen LogP contribution in [0.15, 0.2) is 24.3 Å². The van der Waals surface area contributed by atoms with Crippen molar-refractivity contribution in [1.82, 2.24) is 5.32 Å². The fourth-order valence-electron chi connectivity index (χ4n) is 3.05. The Morgan fingerprint density at radius 2 is 2.08 bits per heavy atom. The molecule has 0 spiro atoms. The second-order valence-corrected chi connectivity index (χ2v) is 7.79. The zero-order valence-corrected chi connectivity index (χ0v) is 14.8. The Morgan fingerprint density at radius 1 is 1.38 bits per heavy atom. The van der Waals surface area contributed by atoms with E-state index in [1.807, 2.05) is 20.8 Å². The Morgan fingerprint density at radius 3 is 2.67 bits per heavy atom. The summed E-state index contributed by atoms with van der Waals surface area (Å²) in [7, 11) is 0. The van der Waals surface area contributed by atoms with Gasteiger partial charge in [0.1, 0.15) is 6.61 Å². The van der Waals surface area contributed by atoms with Crippen LogP contribution in [0.25, 0.3) is 0 Å². The van der Waals surface area contributed by atoms with Gasteiger partial charge < -0.3 is 15.8 Å². The van der Waals surface area contributed by atoms with Gasteiger partial charge in [0.2, 0.25) is 5.91 Å². The number of benzene rings is 1. The fraction of sp³-hybridized carbons (Fsp3) is 0.632. The minimum absolute atomic E-state index is 0.00518. The number of nitrogens with one attached hydrogen (secondary N) is 1. The monoisotopic (exact) mass is 336 g/mol. The summed E-state index contributed by atoms with van der Waals surface area (Å²) in [5.41, 5.74) is 5.85. The number of halogens is 1. The van der Waals surface area contributed by atoms with Crippen LogP contribution >= 0.6 is 0 Å². The summed E-state index contributed by atoms with van der Waals surface area (Å²) >= 11 is 0. The smallest absolute Gasteiger partial charge is 0.220 e. The molecule has 0 radical (unpaired) electrons. The third-order valence-electron chi connectivity index (χ3n) is 4.79. The summed E-state index contributed by atoms with van der Waals surface area (Å²) in [6.07, 6.45) is 3.56. The van der Waals surface area contributed by atoms with Gasteiger partial charge in [0.25, 0.3) is 0 Å². The van der Waals surface area contributed by atoms with Crippen LogP contribution in [0.3, 0.4) is 0 Å². The normalized spacial score (nSPS) is 22.2. The lowest BCUT2D eigenvalue weighted by atomic mass is 9.87. The molecule has 1 saturated carbocycles. The third-order valence-corrected chi connectivity index (χ3v) is 4.79. The maximum Gasteiger partial charge on any atom is 0.220 e. The molecular formula is C19H29FN2O2. The van der Waals surface area contributed by atoms with Crippen molar-refractivity contribution in [3.05, 3.63) is 30.1 Å². The topological polar surface area (TPSA) is 64.3 Å². The first-order valence-electron chi connectivity index (χ1n) is 8.69. The van der Waals surface area contributed by atoms with Gasteiger partial charge in [-0.1, -0.05) is 39.3 Å². The predicted molar refractivity (Wildman–Crippen MR) is 93.2 cm³/mol. The largest absolute Gasteiger partial charge is 0.488 e. The number of carbonyl (C=O) groups is 1. The van der Waals surface area contributed by atoms with Crippen molar-refractivity contribution in [2.75, 3.05) is 6.61 Å². The van der Waals surface area contributed by atoms with Crippen molar-refractivity contribution in [2.24, 2.45) is 17.1 Å². The number of hydrogen-bond donors (Lipinski definition) is 2. The van der Waals surface area contributed by atoms with E-state index in [1.54, 1.807) is 18.2 Å². The second kappa shape index (κ2) is 7.97. The molecule has 3 atom stereocenters. The molecule has 5 heteroatoms. The average molecular weight is 336 g/mol. The third kappa shape index (κ3) is 5.20. The molecule has 0 saturated heterocycles. The fourth-order valence-corrected chi connectivity index (χ4v) is 3.05. The molecule has 0 aromatic heterocycles. The molecule has 1 aliphatic rings. The van der Waals surface area contributed by atoms with E-state index < -0.39 is 5.82 Å². The van der Waals surface area contributed by atoms with Crippen LogP contribution in [0.4, 0.5) is 4.39 Å². The van der Waals surface area contributed by atoms with Gasteiger partial charge in [0, 0.05) is 12.5 Å². The van der Waals surface area contributed by atoms with Crippen LogP contribution in [0.5, 0.6) is 5.75 Å². The van der Waals surface area contributed by atoms with Crippen LogP contribution in [-0.2, 0) is 4.79 Å². The number of amides is 1. The van der Waals surface area contributed by atoms with Crippen molar-refractivity contribution < 1.29 is 13.9 Å². The highest BCUT2D eigenvalue weighted by molar-refractivity contribution is 5.76. The van der Waals surface area contributed by atoms with Gasteiger partial charge in [-0.05, 0) is 36.3 Å². The van der Waals surface area contributed by atoms with Crippen molar-refractivity contribution in [3.8, 4) is 5.75 Å². The SMILES string of the molecule is CC(C)(C)C(COc1ccccc1F)NC(=O)C[C@@H]1CCC[C@H]1N. The van der Waals surface area contributed by atoms with E-state index in [0.717, 1.165) is 19.3 Å². The van der Waals surface area contributed by atoms with E-state index in [2.05, 4.69) is 5.32 Å². The van der Waals surface area contributed by atoms with E-state index in [4.69, 9.17) is 10.5 Å². The van der Waals surface area contributed by atoms with Crippen molar-refractivity contribution in [3.63, 3.8) is 0 Å². The molecule has 0 bridgehead atoms. The molecule has 1 unspecified atom stereocenters. The molecule has 4 nitrogen and oxygen atoms in total. The van der Waals surface area contributed by atoms with Crippen LogP contribution in [0, 0.1) is 17.2 Å². The lowest BCUT2D eigenvalue weighted by molar-refractivity contribution is -0.123. The lowest BCUT2D eigenvalue weighted by Gasteiger charge is -2.32. The molecule has 1 aromatic carbocycles. The molecule has 24 heavy (non-hydrogen) atoms.